The lowest BCUT2D eigenvalue weighted by atomic mass is 9.71. The minimum Gasteiger partial charge on any atom is -0.462 e. The zero-order valence-corrected chi connectivity index (χ0v) is 18.1. The molecule has 1 heterocycles. The summed E-state index contributed by atoms with van der Waals surface area (Å²) >= 11 is 0. The molecule has 2 aromatic carbocycles. The Morgan fingerprint density at radius 3 is 2.58 bits per heavy atom. The number of esters is 1. The summed E-state index contributed by atoms with van der Waals surface area (Å²) in [7, 11) is 0. The third kappa shape index (κ3) is 3.73. The van der Waals surface area contributed by atoms with Gasteiger partial charge >= 0.3 is 5.97 Å². The van der Waals surface area contributed by atoms with Gasteiger partial charge in [-0.15, -0.1) is 0 Å². The minimum atomic E-state index is -0.548. The fraction of sp³-hybridized carbons (Fsp3) is 0.444. The molecule has 2 aromatic rings. The number of rotatable bonds is 3. The van der Waals surface area contributed by atoms with Crippen LogP contribution in [0.5, 0.6) is 0 Å². The number of aliphatic imine (C=N–C) groups is 1. The lowest BCUT2D eigenvalue weighted by Crippen LogP contribution is -2.39. The lowest BCUT2D eigenvalue weighted by Gasteiger charge is -2.36. The van der Waals surface area contributed by atoms with Crippen LogP contribution in [-0.4, -0.2) is 23.6 Å². The molecular formula is C27H29NO3. The summed E-state index contributed by atoms with van der Waals surface area (Å²) < 4.78 is 6.03. The van der Waals surface area contributed by atoms with Gasteiger partial charge in [-0.2, -0.15) is 0 Å². The van der Waals surface area contributed by atoms with Crippen LogP contribution in [0.15, 0.2) is 58.7 Å². The van der Waals surface area contributed by atoms with Gasteiger partial charge in [0.15, 0.2) is 5.78 Å². The van der Waals surface area contributed by atoms with Crippen molar-refractivity contribution >= 4 is 28.2 Å². The van der Waals surface area contributed by atoms with Crippen molar-refractivity contribution in [2.75, 3.05) is 0 Å². The largest absolute Gasteiger partial charge is 0.462 e. The van der Waals surface area contributed by atoms with E-state index < -0.39 is 5.92 Å². The molecule has 1 unspecified atom stereocenters. The highest BCUT2D eigenvalue weighted by Crippen LogP contribution is 2.45. The highest BCUT2D eigenvalue weighted by molar-refractivity contribution is 6.09. The van der Waals surface area contributed by atoms with Gasteiger partial charge in [-0.25, -0.2) is 0 Å². The van der Waals surface area contributed by atoms with Crippen molar-refractivity contribution in [3.63, 3.8) is 0 Å². The minimum absolute atomic E-state index is 0.0142. The molecule has 3 aliphatic rings. The van der Waals surface area contributed by atoms with Gasteiger partial charge in [-0.05, 0) is 61.8 Å². The number of carbonyl (C=O) groups is 2. The third-order valence-corrected chi connectivity index (χ3v) is 7.08. The number of nitrogens with zero attached hydrogens (tertiary/aromatic N) is 1. The molecule has 2 atom stereocenters. The second-order valence-electron chi connectivity index (χ2n) is 9.11. The van der Waals surface area contributed by atoms with Crippen molar-refractivity contribution in [3.05, 3.63) is 59.3 Å². The first-order valence-electron chi connectivity index (χ1n) is 11.6. The molecule has 0 N–H and O–H groups in total. The molecular weight excluding hydrogens is 386 g/mol. The quantitative estimate of drug-likeness (QED) is 0.587. The van der Waals surface area contributed by atoms with Crippen LogP contribution in [0.4, 0.5) is 0 Å². The molecule has 0 amide bonds. The maximum absolute atomic E-state index is 13.5. The SMILES string of the molecule is CC1=NC2=C(C(=O)CCC2)[C@H](c2cccc3ccccc23)C1C(=O)OC1CCCCC1. The molecule has 31 heavy (non-hydrogen) atoms. The van der Waals surface area contributed by atoms with Crippen molar-refractivity contribution in [2.45, 2.75) is 70.3 Å². The summed E-state index contributed by atoms with van der Waals surface area (Å²) in [4.78, 5) is 31.5. The van der Waals surface area contributed by atoms with E-state index >= 15 is 0 Å². The molecule has 0 radical (unpaired) electrons. The molecule has 0 saturated heterocycles. The average molecular weight is 416 g/mol. The Hall–Kier alpha value is -2.75. The molecule has 160 valence electrons. The number of hydrogen-bond donors (Lipinski definition) is 0. The zero-order valence-electron chi connectivity index (χ0n) is 18.1. The van der Waals surface area contributed by atoms with Crippen molar-refractivity contribution < 1.29 is 14.3 Å². The van der Waals surface area contributed by atoms with Gasteiger partial charge in [0.05, 0.1) is 0 Å². The van der Waals surface area contributed by atoms with Crippen LogP contribution >= 0.6 is 0 Å². The fourth-order valence-corrected chi connectivity index (χ4v) is 5.59. The number of allylic oxidation sites excluding steroid dienone is 2. The summed E-state index contributed by atoms with van der Waals surface area (Å²) in [6, 6.07) is 14.4. The van der Waals surface area contributed by atoms with E-state index in [4.69, 9.17) is 9.73 Å². The molecule has 1 saturated carbocycles. The molecule has 1 aliphatic heterocycles. The summed E-state index contributed by atoms with van der Waals surface area (Å²) in [5, 5.41) is 2.20. The van der Waals surface area contributed by atoms with Crippen molar-refractivity contribution in [1.82, 2.24) is 0 Å². The maximum atomic E-state index is 13.5. The number of carbonyl (C=O) groups excluding carboxylic acids is 2. The monoisotopic (exact) mass is 415 g/mol. The van der Waals surface area contributed by atoms with E-state index in [1.807, 2.05) is 25.1 Å². The van der Waals surface area contributed by atoms with E-state index in [0.29, 0.717) is 6.42 Å². The Kier molecular flexibility index (Phi) is 5.47. The lowest BCUT2D eigenvalue weighted by molar-refractivity contribution is -0.153. The van der Waals surface area contributed by atoms with E-state index in [0.717, 1.165) is 71.8 Å². The predicted molar refractivity (Wildman–Crippen MR) is 122 cm³/mol. The van der Waals surface area contributed by atoms with Gasteiger partial charge in [0.2, 0.25) is 0 Å². The number of benzene rings is 2. The Morgan fingerprint density at radius 2 is 1.74 bits per heavy atom. The topological polar surface area (TPSA) is 55.7 Å². The van der Waals surface area contributed by atoms with Crippen molar-refractivity contribution in [3.8, 4) is 0 Å². The number of ether oxygens (including phenoxy) is 1. The third-order valence-electron chi connectivity index (χ3n) is 7.08. The van der Waals surface area contributed by atoms with E-state index in [1.165, 1.54) is 6.42 Å². The standard InChI is InChI=1S/C27H29NO3/c1-17-24(27(30)31-19-11-3-2-4-12-19)25(26-22(28-17)15-8-16-23(26)29)21-14-7-10-18-9-5-6-13-20(18)21/h5-7,9-10,13-14,19,24-25H,2-4,8,11-12,15-16H2,1H3/t24?,25-/m1/s1. The van der Waals surface area contributed by atoms with Crippen molar-refractivity contribution in [1.29, 1.82) is 0 Å². The van der Waals surface area contributed by atoms with Crippen LogP contribution in [0.1, 0.15) is 69.8 Å². The number of fused-ring (bicyclic) bond motifs is 1. The van der Waals surface area contributed by atoms with Crippen LogP contribution in [0.3, 0.4) is 0 Å². The van der Waals surface area contributed by atoms with E-state index in [-0.39, 0.29) is 23.8 Å². The first-order valence-corrected chi connectivity index (χ1v) is 11.6. The Bertz CT molecular complexity index is 1090. The molecule has 0 bridgehead atoms. The highest BCUT2D eigenvalue weighted by Gasteiger charge is 2.44. The molecule has 1 fully saturated rings. The molecule has 5 rings (SSSR count). The molecule has 2 aliphatic carbocycles. The number of Topliss-reactive ketones (excluding diaryl/α,β-unsaturated/α-hetero) is 1. The van der Waals surface area contributed by atoms with Gasteiger partial charge in [-0.1, -0.05) is 48.9 Å². The number of ketones is 1. The van der Waals surface area contributed by atoms with E-state index in [9.17, 15) is 9.59 Å². The van der Waals surface area contributed by atoms with Gasteiger partial charge in [0.1, 0.15) is 12.0 Å². The van der Waals surface area contributed by atoms with Crippen LogP contribution in [-0.2, 0) is 14.3 Å². The van der Waals surface area contributed by atoms with Gasteiger partial charge in [-0.3, -0.25) is 14.6 Å². The molecule has 4 nitrogen and oxygen atoms in total. The van der Waals surface area contributed by atoms with Gasteiger partial charge in [0, 0.05) is 29.3 Å². The molecule has 0 spiro atoms. The second kappa shape index (κ2) is 8.41. The normalized spacial score (nSPS) is 24.7. The van der Waals surface area contributed by atoms with E-state index in [2.05, 4.69) is 24.3 Å². The summed E-state index contributed by atoms with van der Waals surface area (Å²) in [6.07, 6.45) is 7.42. The highest BCUT2D eigenvalue weighted by atomic mass is 16.5. The Balaban J connectivity index is 1.62. The average Bonchev–Trinajstić information content (AvgIpc) is 2.78. The van der Waals surface area contributed by atoms with Crippen LogP contribution in [0.2, 0.25) is 0 Å². The second-order valence-corrected chi connectivity index (χ2v) is 9.11. The molecule has 4 heteroatoms. The fourth-order valence-electron chi connectivity index (χ4n) is 5.59. The zero-order chi connectivity index (χ0) is 21.4. The van der Waals surface area contributed by atoms with E-state index in [1.54, 1.807) is 0 Å². The Labute approximate surface area is 183 Å². The Morgan fingerprint density at radius 1 is 0.968 bits per heavy atom. The van der Waals surface area contributed by atoms with Crippen LogP contribution in [0.25, 0.3) is 10.8 Å². The van der Waals surface area contributed by atoms with Crippen LogP contribution < -0.4 is 0 Å². The first kappa shape index (κ1) is 20.2. The summed E-state index contributed by atoms with van der Waals surface area (Å²) in [5.74, 6) is -0.974. The number of hydrogen-bond acceptors (Lipinski definition) is 4. The van der Waals surface area contributed by atoms with Crippen molar-refractivity contribution in [2.24, 2.45) is 10.9 Å². The van der Waals surface area contributed by atoms with Gasteiger partial charge in [0.25, 0.3) is 0 Å². The summed E-state index contributed by atoms with van der Waals surface area (Å²) in [6.45, 7) is 1.92. The van der Waals surface area contributed by atoms with Crippen LogP contribution in [0, 0.1) is 5.92 Å². The van der Waals surface area contributed by atoms with Gasteiger partial charge < -0.3 is 4.74 Å². The first-order chi connectivity index (χ1) is 15.1. The molecule has 0 aromatic heterocycles. The predicted octanol–water partition coefficient (Wildman–Crippen LogP) is 5.90. The maximum Gasteiger partial charge on any atom is 0.315 e. The smallest absolute Gasteiger partial charge is 0.315 e. The summed E-state index contributed by atoms with van der Waals surface area (Å²) in [5.41, 5.74) is 3.40.